The molecular weight excluding hydrogens is 321 g/mol. The molecule has 0 aliphatic carbocycles. The second-order valence-electron chi connectivity index (χ2n) is 4.68. The maximum Gasteiger partial charge on any atom is 0.198 e. The first-order valence-electron chi connectivity index (χ1n) is 6.14. The Morgan fingerprint density at radius 1 is 1.20 bits per heavy atom. The van der Waals surface area contributed by atoms with Gasteiger partial charge in [0.2, 0.25) is 0 Å². The Balaban J connectivity index is 2.16. The van der Waals surface area contributed by atoms with E-state index in [-0.39, 0.29) is 11.3 Å². The molecule has 2 aromatic carbocycles. The molecule has 0 unspecified atom stereocenters. The van der Waals surface area contributed by atoms with E-state index in [4.69, 9.17) is 0 Å². The monoisotopic (exact) mass is 331 g/mol. The van der Waals surface area contributed by atoms with Gasteiger partial charge >= 0.3 is 0 Å². The molecule has 0 aliphatic heterocycles. The fraction of sp³-hybridized carbons (Fsp3) is 0.0625. The van der Waals surface area contributed by atoms with Crippen molar-refractivity contribution in [2.45, 2.75) is 6.92 Å². The number of halogens is 2. The lowest BCUT2D eigenvalue weighted by Crippen LogP contribution is -2.04. The van der Waals surface area contributed by atoms with Crippen molar-refractivity contribution >= 4 is 32.6 Å². The number of nitrogens with one attached hydrogen (secondary N) is 1. The van der Waals surface area contributed by atoms with Gasteiger partial charge in [-0.05, 0) is 46.6 Å². The molecule has 100 valence electrons. The Kier molecular flexibility index (Phi) is 3.18. The normalized spacial score (nSPS) is 10.9. The highest BCUT2D eigenvalue weighted by Gasteiger charge is 2.18. The van der Waals surface area contributed by atoms with Crippen molar-refractivity contribution in [3.8, 4) is 0 Å². The van der Waals surface area contributed by atoms with E-state index >= 15 is 0 Å². The molecule has 4 heteroatoms. The van der Waals surface area contributed by atoms with Crippen LogP contribution in [-0.4, -0.2) is 10.8 Å². The first-order chi connectivity index (χ1) is 9.58. The number of fused-ring (bicyclic) bond motifs is 1. The summed E-state index contributed by atoms with van der Waals surface area (Å²) < 4.78 is 14.3. The van der Waals surface area contributed by atoms with Crippen LogP contribution >= 0.6 is 15.9 Å². The number of aromatic amines is 1. The van der Waals surface area contributed by atoms with Crippen LogP contribution in [-0.2, 0) is 0 Å². The number of H-pyrrole nitrogens is 1. The smallest absolute Gasteiger partial charge is 0.198 e. The second kappa shape index (κ2) is 4.87. The van der Waals surface area contributed by atoms with Gasteiger partial charge in [-0.25, -0.2) is 4.39 Å². The summed E-state index contributed by atoms with van der Waals surface area (Å²) in [5.74, 6) is -0.849. The van der Waals surface area contributed by atoms with Gasteiger partial charge in [0.25, 0.3) is 0 Å². The number of aryl methyl sites for hydroxylation is 1. The highest BCUT2D eigenvalue weighted by Crippen LogP contribution is 2.25. The first-order valence-corrected chi connectivity index (χ1v) is 6.93. The van der Waals surface area contributed by atoms with Gasteiger partial charge in [0.1, 0.15) is 5.82 Å². The van der Waals surface area contributed by atoms with E-state index < -0.39 is 5.82 Å². The fourth-order valence-corrected chi connectivity index (χ4v) is 2.62. The molecule has 0 spiro atoms. The molecule has 1 aromatic heterocycles. The molecule has 0 saturated heterocycles. The number of benzene rings is 2. The predicted molar refractivity (Wildman–Crippen MR) is 80.6 cm³/mol. The SMILES string of the molecule is Cc1ccc2c(C(=O)c3cccc(Br)c3F)c[nH]c2c1. The summed E-state index contributed by atoms with van der Waals surface area (Å²) in [6.45, 7) is 1.98. The number of hydrogen-bond donors (Lipinski definition) is 1. The summed E-state index contributed by atoms with van der Waals surface area (Å²) in [4.78, 5) is 15.6. The van der Waals surface area contributed by atoms with Gasteiger partial charge in [-0.2, -0.15) is 0 Å². The number of carbonyl (C=O) groups is 1. The molecule has 0 saturated carbocycles. The second-order valence-corrected chi connectivity index (χ2v) is 5.54. The zero-order chi connectivity index (χ0) is 14.3. The van der Waals surface area contributed by atoms with Gasteiger partial charge in [-0.3, -0.25) is 4.79 Å². The Hall–Kier alpha value is -1.94. The number of carbonyl (C=O) groups excluding carboxylic acids is 1. The zero-order valence-corrected chi connectivity index (χ0v) is 12.3. The van der Waals surface area contributed by atoms with Crippen molar-refractivity contribution in [2.75, 3.05) is 0 Å². The van der Waals surface area contributed by atoms with Crippen molar-refractivity contribution in [1.29, 1.82) is 0 Å². The minimum atomic E-state index is -0.529. The molecule has 0 bridgehead atoms. The van der Waals surface area contributed by atoms with Crippen LogP contribution in [0.1, 0.15) is 21.5 Å². The van der Waals surface area contributed by atoms with Crippen LogP contribution in [0.5, 0.6) is 0 Å². The molecule has 0 amide bonds. The molecule has 0 fully saturated rings. The Morgan fingerprint density at radius 3 is 2.80 bits per heavy atom. The van der Waals surface area contributed by atoms with E-state index in [2.05, 4.69) is 20.9 Å². The molecule has 20 heavy (non-hydrogen) atoms. The highest BCUT2D eigenvalue weighted by molar-refractivity contribution is 9.10. The third kappa shape index (κ3) is 2.06. The summed E-state index contributed by atoms with van der Waals surface area (Å²) in [6, 6.07) is 10.5. The average Bonchev–Trinajstić information content (AvgIpc) is 2.84. The van der Waals surface area contributed by atoms with Crippen LogP contribution < -0.4 is 0 Å². The Morgan fingerprint density at radius 2 is 2.00 bits per heavy atom. The molecule has 3 aromatic rings. The van der Waals surface area contributed by atoms with Crippen molar-refractivity contribution in [3.05, 3.63) is 69.6 Å². The van der Waals surface area contributed by atoms with Crippen molar-refractivity contribution < 1.29 is 9.18 Å². The van der Waals surface area contributed by atoms with E-state index in [1.54, 1.807) is 18.3 Å². The van der Waals surface area contributed by atoms with Crippen molar-refractivity contribution in [3.63, 3.8) is 0 Å². The molecule has 0 aliphatic rings. The van der Waals surface area contributed by atoms with Gasteiger partial charge < -0.3 is 4.98 Å². The summed E-state index contributed by atoms with van der Waals surface area (Å²) in [5.41, 5.74) is 2.54. The molecule has 0 atom stereocenters. The molecule has 1 N–H and O–H groups in total. The minimum Gasteiger partial charge on any atom is -0.360 e. The van der Waals surface area contributed by atoms with Crippen LogP contribution in [0.3, 0.4) is 0 Å². The summed E-state index contributed by atoms with van der Waals surface area (Å²) in [6.07, 6.45) is 1.63. The molecule has 1 heterocycles. The largest absolute Gasteiger partial charge is 0.360 e. The third-order valence-corrected chi connectivity index (χ3v) is 3.89. The van der Waals surface area contributed by atoms with Crippen LogP contribution in [0.25, 0.3) is 10.9 Å². The van der Waals surface area contributed by atoms with Gasteiger partial charge in [-0.15, -0.1) is 0 Å². The topological polar surface area (TPSA) is 32.9 Å². The number of aromatic nitrogens is 1. The fourth-order valence-electron chi connectivity index (χ4n) is 2.25. The number of hydrogen-bond acceptors (Lipinski definition) is 1. The number of rotatable bonds is 2. The Bertz CT molecular complexity index is 822. The standard InChI is InChI=1S/C16H11BrFNO/c1-9-5-6-10-12(8-19-14(10)7-9)16(20)11-3-2-4-13(17)15(11)18/h2-8,19H,1H3. The van der Waals surface area contributed by atoms with Crippen LogP contribution in [0.2, 0.25) is 0 Å². The lowest BCUT2D eigenvalue weighted by molar-refractivity contribution is 0.103. The van der Waals surface area contributed by atoms with E-state index in [0.717, 1.165) is 16.5 Å². The minimum absolute atomic E-state index is 0.0702. The van der Waals surface area contributed by atoms with E-state index in [1.165, 1.54) is 6.07 Å². The van der Waals surface area contributed by atoms with Crippen LogP contribution in [0.4, 0.5) is 4.39 Å². The van der Waals surface area contributed by atoms with E-state index in [0.29, 0.717) is 10.0 Å². The quantitative estimate of drug-likeness (QED) is 0.683. The van der Waals surface area contributed by atoms with E-state index in [1.807, 2.05) is 25.1 Å². The zero-order valence-electron chi connectivity index (χ0n) is 10.7. The van der Waals surface area contributed by atoms with Crippen molar-refractivity contribution in [2.24, 2.45) is 0 Å². The summed E-state index contributed by atoms with van der Waals surface area (Å²) in [7, 11) is 0. The number of ketones is 1. The molecule has 0 radical (unpaired) electrons. The van der Waals surface area contributed by atoms with Gasteiger partial charge in [-0.1, -0.05) is 18.2 Å². The molecular formula is C16H11BrFNO. The maximum absolute atomic E-state index is 14.0. The van der Waals surface area contributed by atoms with Crippen molar-refractivity contribution in [1.82, 2.24) is 4.98 Å². The maximum atomic E-state index is 14.0. The van der Waals surface area contributed by atoms with E-state index in [9.17, 15) is 9.18 Å². The van der Waals surface area contributed by atoms with Gasteiger partial charge in [0.15, 0.2) is 5.78 Å². The molecule has 2 nitrogen and oxygen atoms in total. The lowest BCUT2D eigenvalue weighted by atomic mass is 10.0. The van der Waals surface area contributed by atoms with Gasteiger partial charge in [0, 0.05) is 22.7 Å². The Labute approximate surface area is 123 Å². The lowest BCUT2D eigenvalue weighted by Gasteiger charge is -2.03. The summed E-state index contributed by atoms with van der Waals surface area (Å²) >= 11 is 3.10. The predicted octanol–water partition coefficient (Wildman–Crippen LogP) is 4.61. The third-order valence-electron chi connectivity index (χ3n) is 3.28. The average molecular weight is 332 g/mol. The van der Waals surface area contributed by atoms with Crippen LogP contribution in [0.15, 0.2) is 47.1 Å². The molecule has 3 rings (SSSR count). The highest BCUT2D eigenvalue weighted by atomic mass is 79.9. The summed E-state index contributed by atoms with van der Waals surface area (Å²) in [5, 5.41) is 0.806. The van der Waals surface area contributed by atoms with Gasteiger partial charge in [0.05, 0.1) is 10.0 Å². The first kappa shape index (κ1) is 13.1. The van der Waals surface area contributed by atoms with Crippen LogP contribution in [0, 0.1) is 12.7 Å².